The van der Waals surface area contributed by atoms with Crippen molar-refractivity contribution in [2.24, 2.45) is 5.92 Å². The number of thiazole rings is 1. The normalized spacial score (nSPS) is 24.6. The van der Waals surface area contributed by atoms with Gasteiger partial charge in [0, 0.05) is 37.8 Å². The number of esters is 2. The number of imidazole rings is 1. The van der Waals surface area contributed by atoms with Crippen molar-refractivity contribution >= 4 is 107 Å². The maximum Gasteiger partial charge on any atom is 0.472 e. The molecule has 5 amide bonds. The molecular formula is C67H85F2N11O20P2S2. The van der Waals surface area contributed by atoms with Gasteiger partial charge in [-0.15, -0.1) is 0 Å². The largest absolute Gasteiger partial charge is 0.494 e. The number of carbonyl (C=O) groups is 8. The standard InChI is InChI=1S/C67H85F2N11O20P2S2/c1-40(2)57(71-28-13-11-14-29-78-51(83)25-26-52(78)84)63(87)72-33-50(82)77-67-76-41(3)49(104-67)36-93-54(86)16-12-9-7-5-4-6-8-10-15-31-92-45-23-19-43(20-24-45)66(88)96-46-21-17-42(18-22-46)37-103-102(91)95-35-48-59(55(68)65(98-48)80-39-75-58-61(70)73-38-74-62(58)80)99-101(89,90)94-34-47-60(100-102)56(69)64(97-47)79-30-27-44(81)32-53(79)85/h17-24,27,30,38-40,47-48,55-57,59-60,64-65,71H,4-16,25-26,28-29,31-37H2,1-3H3,(H,72,87)(H,89,90)(H2,70,73,74)(H,76,77,82)/t47-,48-,55-,56-,57+,59-,60-,64-,65-,102?/m1/s1. The number of aromatic nitrogens is 5. The fourth-order valence-electron chi connectivity index (χ4n) is 12.0. The Morgan fingerprint density at radius 1 is 0.798 bits per heavy atom. The number of imide groups is 1. The van der Waals surface area contributed by atoms with E-state index in [0.29, 0.717) is 77.4 Å². The van der Waals surface area contributed by atoms with Gasteiger partial charge in [0.05, 0.1) is 61.3 Å². The fourth-order valence-corrected chi connectivity index (χ4v) is 17.2. The highest BCUT2D eigenvalue weighted by atomic mass is 32.7. The molecule has 5 aliphatic rings. The molecule has 6 N–H and O–H groups in total. The predicted molar refractivity (Wildman–Crippen MR) is 372 cm³/mol. The quantitative estimate of drug-likeness (QED) is 0.00640. The number of allylic oxidation sites excluding steroid dienone is 1. The Kier molecular flexibility index (Phi) is 28.2. The fraction of sp³-hybridized carbons (Fsp3) is 0.552. The van der Waals surface area contributed by atoms with E-state index in [1.807, 2.05) is 13.8 Å². The first-order chi connectivity index (χ1) is 49.9. The van der Waals surface area contributed by atoms with Crippen LogP contribution >= 0.6 is 37.3 Å². The van der Waals surface area contributed by atoms with E-state index in [9.17, 15) is 52.4 Å². The summed E-state index contributed by atoms with van der Waals surface area (Å²) in [6.07, 6.45) is 0.385. The number of likely N-dealkylation sites (tertiary alicyclic amines) is 1. The number of aryl methyl sites for hydroxylation is 1. The van der Waals surface area contributed by atoms with Crippen LogP contribution in [0.2, 0.25) is 0 Å². The summed E-state index contributed by atoms with van der Waals surface area (Å²) in [6.45, 7) is 0.367. The van der Waals surface area contributed by atoms with Crippen LogP contribution in [-0.4, -0.2) is 175 Å². The van der Waals surface area contributed by atoms with Gasteiger partial charge in [0.25, 0.3) is 0 Å². The van der Waals surface area contributed by atoms with Crippen molar-refractivity contribution < 1.29 is 103 Å². The third kappa shape index (κ3) is 21.6. The molecule has 0 aliphatic carbocycles. The number of benzene rings is 2. The number of fused-ring (bicyclic) bond motifs is 3. The highest BCUT2D eigenvalue weighted by Gasteiger charge is 2.56. The van der Waals surface area contributed by atoms with Crippen LogP contribution in [-0.2, 0) is 87.4 Å². The van der Waals surface area contributed by atoms with Crippen molar-refractivity contribution in [3.63, 3.8) is 0 Å². The molecule has 2 aromatic carbocycles. The molecule has 0 spiro atoms. The summed E-state index contributed by atoms with van der Waals surface area (Å²) in [5, 5.41) is 9.00. The number of amides is 5. The van der Waals surface area contributed by atoms with Gasteiger partial charge in [-0.3, -0.25) is 66.0 Å². The van der Waals surface area contributed by atoms with Gasteiger partial charge in [-0.2, -0.15) is 0 Å². The lowest BCUT2D eigenvalue weighted by Gasteiger charge is -2.29. The van der Waals surface area contributed by atoms with Gasteiger partial charge in [-0.25, -0.2) is 42.6 Å². The summed E-state index contributed by atoms with van der Waals surface area (Å²) in [6, 6.07) is 12.1. The second kappa shape index (κ2) is 37.1. The molecule has 11 atom stereocenters. The summed E-state index contributed by atoms with van der Waals surface area (Å²) in [4.78, 5) is 130. The number of nitrogens with two attached hydrogens (primary N) is 1. The molecule has 5 aromatic rings. The molecular weight excluding hydrogens is 1440 g/mol. The molecule has 0 saturated carbocycles. The smallest absolute Gasteiger partial charge is 0.472 e. The van der Waals surface area contributed by atoms with E-state index in [2.05, 4.69) is 35.9 Å². The summed E-state index contributed by atoms with van der Waals surface area (Å²) in [5.74, 6) is -2.80. The summed E-state index contributed by atoms with van der Waals surface area (Å²) in [5.41, 5.74) is 7.46. The molecule has 2 unspecified atom stereocenters. The molecule has 0 radical (unpaired) electrons. The van der Waals surface area contributed by atoms with Crippen LogP contribution < -0.4 is 31.2 Å². The number of hydrogen-bond acceptors (Lipinski definition) is 27. The van der Waals surface area contributed by atoms with Crippen molar-refractivity contribution in [3.8, 4) is 11.5 Å². The summed E-state index contributed by atoms with van der Waals surface area (Å²) < 4.78 is 114. The molecule has 3 aromatic heterocycles. The topological polar surface area (TPSA) is 399 Å². The summed E-state index contributed by atoms with van der Waals surface area (Å²) >= 11 is 1.79. The van der Waals surface area contributed by atoms with Gasteiger partial charge in [-0.1, -0.05) is 88.7 Å². The summed E-state index contributed by atoms with van der Waals surface area (Å²) in [7, 11) is -5.26. The number of unbranched alkanes of at least 4 members (excludes halogenated alkanes) is 10. The highest BCUT2D eigenvalue weighted by Crippen LogP contribution is 2.65. The van der Waals surface area contributed by atoms with Gasteiger partial charge < -0.3 is 50.3 Å². The van der Waals surface area contributed by atoms with Gasteiger partial charge in [-0.05, 0) is 104 Å². The minimum atomic E-state index is -5.26. The average molecular weight is 1530 g/mol. The predicted octanol–water partition coefficient (Wildman–Crippen LogP) is 8.98. The number of carbonyl (C=O) groups excluding carboxylic acids is 8. The van der Waals surface area contributed by atoms with Crippen LogP contribution in [0.25, 0.3) is 11.2 Å². The zero-order chi connectivity index (χ0) is 74.1. The maximum absolute atomic E-state index is 16.7. The number of phosphoric acid groups is 1. The number of halogens is 2. The molecule has 31 nitrogen and oxygen atoms in total. The van der Waals surface area contributed by atoms with Crippen molar-refractivity contribution in [3.05, 3.63) is 95.2 Å². The van der Waals surface area contributed by atoms with Crippen LogP contribution in [0.3, 0.4) is 0 Å². The monoisotopic (exact) mass is 1530 g/mol. The van der Waals surface area contributed by atoms with E-state index in [1.54, 1.807) is 43.3 Å². The number of phosphoric ester groups is 1. The van der Waals surface area contributed by atoms with E-state index >= 15 is 8.78 Å². The third-order valence-electron chi connectivity index (χ3n) is 17.7. The molecule has 37 heteroatoms. The van der Waals surface area contributed by atoms with Crippen molar-refractivity contribution in [2.45, 2.75) is 191 Å². The van der Waals surface area contributed by atoms with Crippen LogP contribution in [0.4, 0.5) is 19.7 Å². The van der Waals surface area contributed by atoms with Crippen molar-refractivity contribution in [1.82, 2.24) is 44.9 Å². The Hall–Kier alpha value is -7.53. The number of nitrogen functional groups attached to an aromatic ring is 1. The number of nitrogens with one attached hydrogen (secondary N) is 3. The molecule has 4 fully saturated rings. The van der Waals surface area contributed by atoms with Gasteiger partial charge in [0.2, 0.25) is 29.5 Å². The minimum Gasteiger partial charge on any atom is -0.494 e. The average Bonchev–Trinajstić information content (AvgIpc) is 1.61. The van der Waals surface area contributed by atoms with E-state index < -0.39 is 113 Å². The Labute approximate surface area is 605 Å². The zero-order valence-corrected chi connectivity index (χ0v) is 61.0. The van der Waals surface area contributed by atoms with Crippen molar-refractivity contribution in [2.75, 3.05) is 50.5 Å². The van der Waals surface area contributed by atoms with Crippen LogP contribution in [0.15, 0.2) is 73.5 Å². The molecule has 104 heavy (non-hydrogen) atoms. The lowest BCUT2D eigenvalue weighted by molar-refractivity contribution is -0.147. The second-order valence-electron chi connectivity index (χ2n) is 25.8. The van der Waals surface area contributed by atoms with Crippen molar-refractivity contribution in [1.29, 1.82) is 0 Å². The van der Waals surface area contributed by atoms with Crippen LogP contribution in [0.5, 0.6) is 11.5 Å². The van der Waals surface area contributed by atoms with E-state index in [4.69, 9.17) is 47.5 Å². The molecule has 8 heterocycles. The lowest BCUT2D eigenvalue weighted by Crippen LogP contribution is -2.49. The van der Waals surface area contributed by atoms with Gasteiger partial charge in [0.15, 0.2) is 47.2 Å². The first kappa shape index (κ1) is 79.0. The SMILES string of the molecule is Cc1nc(NC(=O)CNC(=O)[C@@H](NCCCCCN2C(=O)CCC2=O)C(C)C)sc1COC(=O)CCCCCCCCCCCOc1ccc(C(=O)Oc2ccc(CSP3(=O)OC[C@H]4O[C@@H](n5cnc6c(N)ncnc65)[C@H](F)[C@@H]4OP(=O)(O)OC[C@H]4O[C@@H](N5C=CC(=O)CC5=O)[C@H](F)[C@@H]4O3)cc2)cc1. The van der Waals surface area contributed by atoms with Crippen LogP contribution in [0.1, 0.15) is 149 Å². The molecule has 4 saturated heterocycles. The lowest BCUT2D eigenvalue weighted by atomic mass is 10.0. The van der Waals surface area contributed by atoms with Gasteiger partial charge >= 0.3 is 26.6 Å². The minimum absolute atomic E-state index is 0.0263. The number of ketones is 1. The molecule has 564 valence electrons. The number of rotatable bonds is 34. The third-order valence-corrected chi connectivity index (χ3v) is 23.4. The van der Waals surface area contributed by atoms with Gasteiger partial charge in [0.1, 0.15) is 54.4 Å². The van der Waals surface area contributed by atoms with E-state index in [1.165, 1.54) is 28.4 Å². The first-order valence-corrected chi connectivity index (χ1v) is 39.9. The maximum atomic E-state index is 16.7. The van der Waals surface area contributed by atoms with E-state index in [0.717, 1.165) is 98.6 Å². The number of hydrogen-bond donors (Lipinski definition) is 5. The highest BCUT2D eigenvalue weighted by molar-refractivity contribution is 8.54. The molecule has 10 rings (SSSR count). The molecule has 5 aliphatic heterocycles. The first-order valence-electron chi connectivity index (χ1n) is 34.5. The Balaban J connectivity index is 0.594. The Morgan fingerprint density at radius 3 is 2.16 bits per heavy atom. The number of ether oxygens (including phenoxy) is 5. The number of alkyl halides is 2. The Bertz CT molecular complexity index is 3970. The van der Waals surface area contributed by atoms with Crippen LogP contribution in [0, 0.1) is 12.8 Å². The number of nitrogens with zero attached hydrogens (tertiary/aromatic N) is 7. The molecule has 0 bridgehead atoms. The second-order valence-corrected chi connectivity index (χ2v) is 32.3. The number of anilines is 2. The zero-order valence-electron chi connectivity index (χ0n) is 57.6. The Morgan fingerprint density at radius 2 is 1.45 bits per heavy atom. The van der Waals surface area contributed by atoms with E-state index in [-0.39, 0.29) is 89.6 Å².